The van der Waals surface area contributed by atoms with Crippen molar-refractivity contribution < 1.29 is 4.79 Å². The van der Waals surface area contributed by atoms with Gasteiger partial charge in [0.1, 0.15) is 0 Å². The zero-order valence-electron chi connectivity index (χ0n) is 19.1. The van der Waals surface area contributed by atoms with Gasteiger partial charge in [-0.05, 0) is 38.2 Å². The van der Waals surface area contributed by atoms with Crippen LogP contribution in [0.5, 0.6) is 0 Å². The molecule has 2 N–H and O–H groups in total. The molecule has 0 aromatic heterocycles. The number of guanidine groups is 1. The molecule has 6 heteroatoms. The summed E-state index contributed by atoms with van der Waals surface area (Å²) in [6.45, 7) is 9.40. The average Bonchev–Trinajstić information content (AvgIpc) is 2.73. The summed E-state index contributed by atoms with van der Waals surface area (Å²) >= 11 is 0. The Labute approximate surface area is 187 Å². The number of hydrogen-bond acceptors (Lipinski definition) is 3. The summed E-state index contributed by atoms with van der Waals surface area (Å²) < 4.78 is 0. The minimum atomic E-state index is 0.215. The average molecular weight is 426 g/mol. The number of nitrogens with one attached hydrogen (secondary N) is 2. The lowest BCUT2D eigenvalue weighted by Crippen LogP contribution is -2.52. The van der Waals surface area contributed by atoms with E-state index < -0.39 is 0 Å². The summed E-state index contributed by atoms with van der Waals surface area (Å²) in [5, 5.41) is 6.93. The third-order valence-electron chi connectivity index (χ3n) is 7.44. The molecule has 4 rings (SSSR count). The number of hydrogen-bond donors (Lipinski definition) is 2. The molecule has 31 heavy (non-hydrogen) atoms. The van der Waals surface area contributed by atoms with E-state index >= 15 is 0 Å². The highest BCUT2D eigenvalue weighted by atomic mass is 16.2. The van der Waals surface area contributed by atoms with Gasteiger partial charge < -0.3 is 15.5 Å². The topological polar surface area (TPSA) is 60.0 Å². The molecule has 2 saturated carbocycles. The molecule has 1 saturated heterocycles. The lowest BCUT2D eigenvalue weighted by atomic mass is 9.64. The number of carbonyl (C=O) groups excluding carboxylic acids is 1. The molecule has 3 fully saturated rings. The third kappa shape index (κ3) is 5.40. The monoisotopic (exact) mass is 425 g/mol. The molecule has 0 atom stereocenters. The van der Waals surface area contributed by atoms with Gasteiger partial charge in [-0.25, -0.2) is 0 Å². The Hall–Kier alpha value is -2.08. The molecule has 0 unspecified atom stereocenters. The maximum absolute atomic E-state index is 12.4. The second-order valence-electron chi connectivity index (χ2n) is 9.42. The van der Waals surface area contributed by atoms with E-state index in [0.29, 0.717) is 11.8 Å². The lowest BCUT2D eigenvalue weighted by Gasteiger charge is -2.41. The maximum atomic E-state index is 12.4. The second kappa shape index (κ2) is 10.5. The van der Waals surface area contributed by atoms with Gasteiger partial charge in [-0.15, -0.1) is 0 Å². The minimum absolute atomic E-state index is 0.215. The summed E-state index contributed by atoms with van der Waals surface area (Å²) in [6, 6.07) is 10.9. The molecule has 170 valence electrons. The van der Waals surface area contributed by atoms with Gasteiger partial charge in [0, 0.05) is 57.1 Å². The normalized spacial score (nSPS) is 21.8. The summed E-state index contributed by atoms with van der Waals surface area (Å²) in [4.78, 5) is 21.9. The smallest absolute Gasteiger partial charge is 0.225 e. The number of benzene rings is 1. The summed E-state index contributed by atoms with van der Waals surface area (Å²) in [7, 11) is 0. The molecule has 1 amide bonds. The molecular formula is C25H39N5O. The van der Waals surface area contributed by atoms with Gasteiger partial charge in [0.2, 0.25) is 5.91 Å². The standard InChI is InChI=1S/C25H39N5O/c1-2-26-24(28-20-25(12-7-13-25)22-10-4-3-5-11-22)27-14-15-29-16-18-30(19-17-29)23(31)21-8-6-9-21/h3-5,10-11,21H,2,6-9,12-20H2,1H3,(H2,26,27,28). The van der Waals surface area contributed by atoms with Gasteiger partial charge in [-0.3, -0.25) is 14.7 Å². The first kappa shape index (κ1) is 22.1. The molecule has 1 heterocycles. The molecule has 0 radical (unpaired) electrons. The molecule has 1 aliphatic heterocycles. The summed E-state index contributed by atoms with van der Waals surface area (Å²) in [6.07, 6.45) is 7.17. The van der Waals surface area contributed by atoms with Crippen molar-refractivity contribution in [3.63, 3.8) is 0 Å². The van der Waals surface area contributed by atoms with E-state index in [-0.39, 0.29) is 5.41 Å². The van der Waals surface area contributed by atoms with Crippen molar-refractivity contribution in [1.29, 1.82) is 0 Å². The first-order valence-electron chi connectivity index (χ1n) is 12.3. The largest absolute Gasteiger partial charge is 0.357 e. The van der Waals surface area contributed by atoms with Crippen LogP contribution >= 0.6 is 0 Å². The van der Waals surface area contributed by atoms with Crippen LogP contribution in [-0.2, 0) is 10.2 Å². The number of nitrogens with zero attached hydrogens (tertiary/aromatic N) is 3. The van der Waals surface area contributed by atoms with Crippen molar-refractivity contribution in [3.05, 3.63) is 35.9 Å². The highest BCUT2D eigenvalue weighted by Gasteiger charge is 2.38. The fraction of sp³-hybridized carbons (Fsp3) is 0.680. The van der Waals surface area contributed by atoms with Crippen LogP contribution in [0.15, 0.2) is 35.3 Å². The predicted molar refractivity (Wildman–Crippen MR) is 126 cm³/mol. The zero-order valence-corrected chi connectivity index (χ0v) is 19.1. The van der Waals surface area contributed by atoms with Crippen molar-refractivity contribution in [2.75, 3.05) is 52.4 Å². The highest BCUT2D eigenvalue weighted by molar-refractivity contribution is 5.80. The fourth-order valence-corrected chi connectivity index (χ4v) is 4.94. The molecule has 1 aromatic carbocycles. The molecule has 6 nitrogen and oxygen atoms in total. The summed E-state index contributed by atoms with van der Waals surface area (Å²) in [5.74, 6) is 1.64. The van der Waals surface area contributed by atoms with Gasteiger partial charge in [0.15, 0.2) is 5.96 Å². The van der Waals surface area contributed by atoms with E-state index in [2.05, 4.69) is 57.7 Å². The third-order valence-corrected chi connectivity index (χ3v) is 7.44. The maximum Gasteiger partial charge on any atom is 0.225 e. The van der Waals surface area contributed by atoms with Crippen LogP contribution in [-0.4, -0.2) is 74.0 Å². The number of amides is 1. The van der Waals surface area contributed by atoms with E-state index in [9.17, 15) is 4.79 Å². The number of carbonyl (C=O) groups is 1. The zero-order chi connectivity index (χ0) is 21.5. The van der Waals surface area contributed by atoms with Crippen LogP contribution in [0.2, 0.25) is 0 Å². The van der Waals surface area contributed by atoms with E-state index in [0.717, 1.165) is 71.2 Å². The Kier molecular flexibility index (Phi) is 7.49. The number of piperazine rings is 1. The molecule has 2 aliphatic carbocycles. The van der Waals surface area contributed by atoms with E-state index in [1.807, 2.05) is 0 Å². The Balaban J connectivity index is 1.22. The quantitative estimate of drug-likeness (QED) is 0.497. The van der Waals surface area contributed by atoms with Gasteiger partial charge in [-0.1, -0.05) is 43.2 Å². The molecule has 0 bridgehead atoms. The van der Waals surface area contributed by atoms with Crippen molar-refractivity contribution in [2.24, 2.45) is 10.9 Å². The van der Waals surface area contributed by atoms with Crippen LogP contribution in [0.25, 0.3) is 0 Å². The van der Waals surface area contributed by atoms with Crippen LogP contribution < -0.4 is 10.6 Å². The SMILES string of the molecule is CCNC(=NCC1(c2ccccc2)CCC1)NCCN1CCN(C(=O)C2CCC2)CC1. The van der Waals surface area contributed by atoms with Crippen LogP contribution in [0.3, 0.4) is 0 Å². The Bertz CT molecular complexity index is 734. The Morgan fingerprint density at radius 2 is 1.81 bits per heavy atom. The molecular weight excluding hydrogens is 386 g/mol. The first-order chi connectivity index (χ1) is 15.2. The molecule has 1 aromatic rings. The number of rotatable bonds is 8. The van der Waals surface area contributed by atoms with E-state index in [4.69, 9.17) is 4.99 Å². The Morgan fingerprint density at radius 1 is 1.06 bits per heavy atom. The van der Waals surface area contributed by atoms with Crippen molar-refractivity contribution in [1.82, 2.24) is 20.4 Å². The second-order valence-corrected chi connectivity index (χ2v) is 9.42. The minimum Gasteiger partial charge on any atom is -0.357 e. The first-order valence-corrected chi connectivity index (χ1v) is 12.3. The van der Waals surface area contributed by atoms with Crippen LogP contribution in [0.1, 0.15) is 51.0 Å². The Morgan fingerprint density at radius 3 is 2.39 bits per heavy atom. The van der Waals surface area contributed by atoms with Crippen molar-refractivity contribution in [3.8, 4) is 0 Å². The van der Waals surface area contributed by atoms with Crippen molar-refractivity contribution in [2.45, 2.75) is 50.9 Å². The van der Waals surface area contributed by atoms with E-state index in [1.165, 1.54) is 31.2 Å². The van der Waals surface area contributed by atoms with Crippen molar-refractivity contribution >= 4 is 11.9 Å². The van der Waals surface area contributed by atoms with Gasteiger partial charge in [0.25, 0.3) is 0 Å². The number of aliphatic imine (C=N–C) groups is 1. The van der Waals surface area contributed by atoms with Gasteiger partial charge in [0.05, 0.1) is 6.54 Å². The van der Waals surface area contributed by atoms with E-state index in [1.54, 1.807) is 0 Å². The molecule has 3 aliphatic rings. The van der Waals surface area contributed by atoms with Gasteiger partial charge in [-0.2, -0.15) is 0 Å². The highest BCUT2D eigenvalue weighted by Crippen LogP contribution is 2.43. The summed E-state index contributed by atoms with van der Waals surface area (Å²) in [5.41, 5.74) is 1.64. The lowest BCUT2D eigenvalue weighted by molar-refractivity contribution is -0.139. The fourth-order valence-electron chi connectivity index (χ4n) is 4.94. The van der Waals surface area contributed by atoms with Gasteiger partial charge >= 0.3 is 0 Å². The van der Waals surface area contributed by atoms with Crippen LogP contribution in [0, 0.1) is 5.92 Å². The predicted octanol–water partition coefficient (Wildman–Crippen LogP) is 2.61. The van der Waals surface area contributed by atoms with Crippen LogP contribution in [0.4, 0.5) is 0 Å². The molecule has 0 spiro atoms.